The van der Waals surface area contributed by atoms with E-state index in [4.69, 9.17) is 4.74 Å². The summed E-state index contributed by atoms with van der Waals surface area (Å²) < 4.78 is 5.05. The first-order valence-electron chi connectivity index (χ1n) is 9.54. The number of benzene rings is 1. The highest BCUT2D eigenvalue weighted by molar-refractivity contribution is 6.04. The molecule has 0 bridgehead atoms. The molecule has 2 amide bonds. The molecule has 0 radical (unpaired) electrons. The molecule has 1 saturated heterocycles. The summed E-state index contributed by atoms with van der Waals surface area (Å²) in [6, 6.07) is 9.34. The minimum Gasteiger partial charge on any atom is -0.466 e. The number of rotatable bonds is 5. The molecule has 8 nitrogen and oxygen atoms in total. The first-order chi connectivity index (χ1) is 14.0. The van der Waals surface area contributed by atoms with Gasteiger partial charge >= 0.3 is 5.97 Å². The molecule has 0 spiro atoms. The Balaban J connectivity index is 1.56. The van der Waals surface area contributed by atoms with Gasteiger partial charge < -0.3 is 19.9 Å². The zero-order valence-electron chi connectivity index (χ0n) is 16.1. The van der Waals surface area contributed by atoms with Gasteiger partial charge in [0.15, 0.2) is 0 Å². The Hall–Kier alpha value is -3.42. The van der Waals surface area contributed by atoms with Crippen molar-refractivity contribution >= 4 is 23.5 Å². The lowest BCUT2D eigenvalue weighted by Crippen LogP contribution is -2.40. The van der Waals surface area contributed by atoms with Gasteiger partial charge in [-0.15, -0.1) is 0 Å². The molecule has 152 valence electrons. The molecule has 1 aliphatic rings. The van der Waals surface area contributed by atoms with Crippen molar-refractivity contribution in [2.45, 2.75) is 19.8 Å². The lowest BCUT2D eigenvalue weighted by Gasteiger charge is -2.31. The summed E-state index contributed by atoms with van der Waals surface area (Å²) >= 11 is 0. The average molecular weight is 397 g/mol. The van der Waals surface area contributed by atoms with Crippen molar-refractivity contribution in [1.82, 2.24) is 9.88 Å². The minimum absolute atomic E-state index is 0.106. The van der Waals surface area contributed by atoms with E-state index in [0.29, 0.717) is 49.4 Å². The molecule has 1 fully saturated rings. The normalized spacial score (nSPS) is 14.3. The molecule has 0 unspecified atom stereocenters. The molecule has 29 heavy (non-hydrogen) atoms. The molecule has 8 heteroatoms. The molecule has 0 aliphatic carbocycles. The van der Waals surface area contributed by atoms with Gasteiger partial charge in [-0.25, -0.2) is 0 Å². The van der Waals surface area contributed by atoms with E-state index in [-0.39, 0.29) is 29.3 Å². The van der Waals surface area contributed by atoms with Crippen molar-refractivity contribution in [2.24, 2.45) is 5.92 Å². The van der Waals surface area contributed by atoms with Gasteiger partial charge in [0.25, 0.3) is 11.8 Å². The Morgan fingerprint density at radius 1 is 1.07 bits per heavy atom. The molecule has 1 aromatic carbocycles. The Kier molecular flexibility index (Phi) is 6.43. The van der Waals surface area contributed by atoms with E-state index in [0.717, 1.165) is 0 Å². The average Bonchev–Trinajstić information content (AvgIpc) is 2.74. The third-order valence-corrected chi connectivity index (χ3v) is 4.84. The number of hydrogen-bond donors (Lipinski definition) is 2. The number of piperidine rings is 1. The fraction of sp³-hybridized carbons (Fsp3) is 0.333. The number of nitrogens with one attached hydrogen (secondary N) is 2. The molecule has 1 aromatic heterocycles. The highest BCUT2D eigenvalue weighted by Gasteiger charge is 2.28. The number of ether oxygens (including phenoxy) is 1. The van der Waals surface area contributed by atoms with E-state index >= 15 is 0 Å². The van der Waals surface area contributed by atoms with Gasteiger partial charge in [-0.05, 0) is 50.1 Å². The number of likely N-dealkylation sites (tertiary alicyclic amines) is 1. The summed E-state index contributed by atoms with van der Waals surface area (Å²) in [5.74, 6) is -0.807. The lowest BCUT2D eigenvalue weighted by molar-refractivity contribution is -0.149. The number of amides is 2. The van der Waals surface area contributed by atoms with Crippen LogP contribution >= 0.6 is 0 Å². The van der Waals surface area contributed by atoms with E-state index in [1.165, 1.54) is 18.3 Å². The quantitative estimate of drug-likeness (QED) is 0.751. The molecule has 2 heterocycles. The zero-order valence-corrected chi connectivity index (χ0v) is 16.1. The van der Waals surface area contributed by atoms with Crippen LogP contribution in [0.4, 0.5) is 5.69 Å². The topological polar surface area (TPSA) is 109 Å². The zero-order chi connectivity index (χ0) is 20.8. The molecular weight excluding hydrogens is 374 g/mol. The standard InChI is InChI=1S/C21H23N3O5/c1-2-29-21(28)15-9-11-24(12-10-15)20(27)14-3-6-17(7-4-14)23-19(26)16-5-8-18(25)22-13-16/h3-8,13,15H,2,9-12H2,1H3,(H,22,25)(H,23,26). The number of carbonyl (C=O) groups excluding carboxylic acids is 3. The summed E-state index contributed by atoms with van der Waals surface area (Å²) in [5, 5.41) is 2.72. The Morgan fingerprint density at radius 3 is 2.31 bits per heavy atom. The number of pyridine rings is 1. The summed E-state index contributed by atoms with van der Waals surface area (Å²) in [4.78, 5) is 51.9. The van der Waals surface area contributed by atoms with Gasteiger partial charge in [-0.1, -0.05) is 0 Å². The predicted molar refractivity (Wildman–Crippen MR) is 107 cm³/mol. The Bertz CT molecular complexity index is 923. The largest absolute Gasteiger partial charge is 0.466 e. The van der Waals surface area contributed by atoms with Crippen molar-refractivity contribution in [2.75, 3.05) is 25.0 Å². The van der Waals surface area contributed by atoms with E-state index in [1.807, 2.05) is 0 Å². The number of anilines is 1. The number of aromatic nitrogens is 1. The first kappa shape index (κ1) is 20.3. The summed E-state index contributed by atoms with van der Waals surface area (Å²) in [6.45, 7) is 3.16. The van der Waals surface area contributed by atoms with Crippen LogP contribution in [0.3, 0.4) is 0 Å². The van der Waals surface area contributed by atoms with Crippen LogP contribution in [0.5, 0.6) is 0 Å². The second-order valence-electron chi connectivity index (χ2n) is 6.79. The minimum atomic E-state index is -0.360. The van der Waals surface area contributed by atoms with Crippen molar-refractivity contribution in [1.29, 1.82) is 0 Å². The number of aromatic amines is 1. The SMILES string of the molecule is CCOC(=O)C1CCN(C(=O)c2ccc(NC(=O)c3ccc(=O)[nH]c3)cc2)CC1. The van der Waals surface area contributed by atoms with Crippen LogP contribution in [0.2, 0.25) is 0 Å². The lowest BCUT2D eigenvalue weighted by atomic mass is 9.96. The number of nitrogens with zero attached hydrogens (tertiary/aromatic N) is 1. The van der Waals surface area contributed by atoms with Gasteiger partial charge in [0.2, 0.25) is 5.56 Å². The van der Waals surface area contributed by atoms with Crippen molar-refractivity contribution in [3.05, 3.63) is 64.1 Å². The van der Waals surface area contributed by atoms with Crippen LogP contribution in [0.15, 0.2) is 47.4 Å². The van der Waals surface area contributed by atoms with Crippen LogP contribution < -0.4 is 10.9 Å². The van der Waals surface area contributed by atoms with Gasteiger partial charge in [-0.2, -0.15) is 0 Å². The smallest absolute Gasteiger partial charge is 0.309 e. The third kappa shape index (κ3) is 5.10. The molecule has 2 aromatic rings. The number of esters is 1. The maximum Gasteiger partial charge on any atom is 0.309 e. The highest BCUT2D eigenvalue weighted by Crippen LogP contribution is 2.21. The van der Waals surface area contributed by atoms with Gasteiger partial charge in [0.1, 0.15) is 0 Å². The third-order valence-electron chi connectivity index (χ3n) is 4.84. The molecule has 3 rings (SSSR count). The number of H-pyrrole nitrogens is 1. The number of hydrogen-bond acceptors (Lipinski definition) is 5. The van der Waals surface area contributed by atoms with Crippen LogP contribution in [0.25, 0.3) is 0 Å². The van der Waals surface area contributed by atoms with Crippen molar-refractivity contribution < 1.29 is 19.1 Å². The Labute approximate surface area is 167 Å². The second-order valence-corrected chi connectivity index (χ2v) is 6.79. The van der Waals surface area contributed by atoms with Gasteiger partial charge in [0.05, 0.1) is 18.1 Å². The van der Waals surface area contributed by atoms with E-state index < -0.39 is 0 Å². The Morgan fingerprint density at radius 2 is 1.72 bits per heavy atom. The maximum atomic E-state index is 12.7. The fourth-order valence-corrected chi connectivity index (χ4v) is 3.21. The molecular formula is C21H23N3O5. The molecule has 1 aliphatic heterocycles. The van der Waals surface area contributed by atoms with Crippen molar-refractivity contribution in [3.63, 3.8) is 0 Å². The van der Waals surface area contributed by atoms with E-state index in [1.54, 1.807) is 36.1 Å². The maximum absolute atomic E-state index is 12.7. The van der Waals surface area contributed by atoms with Gasteiger partial charge in [0, 0.05) is 36.6 Å². The van der Waals surface area contributed by atoms with Crippen LogP contribution in [0, 0.1) is 5.92 Å². The molecule has 0 atom stereocenters. The summed E-state index contributed by atoms with van der Waals surface area (Å²) in [6.07, 6.45) is 2.53. The highest BCUT2D eigenvalue weighted by atomic mass is 16.5. The monoisotopic (exact) mass is 397 g/mol. The van der Waals surface area contributed by atoms with E-state index in [2.05, 4.69) is 10.3 Å². The van der Waals surface area contributed by atoms with Crippen molar-refractivity contribution in [3.8, 4) is 0 Å². The van der Waals surface area contributed by atoms with Gasteiger partial charge in [-0.3, -0.25) is 19.2 Å². The van der Waals surface area contributed by atoms with Crippen LogP contribution in [-0.2, 0) is 9.53 Å². The molecule has 2 N–H and O–H groups in total. The van der Waals surface area contributed by atoms with E-state index in [9.17, 15) is 19.2 Å². The summed E-state index contributed by atoms with van der Waals surface area (Å²) in [5.41, 5.74) is 1.10. The van der Waals surface area contributed by atoms with Crippen LogP contribution in [0.1, 0.15) is 40.5 Å². The first-order valence-corrected chi connectivity index (χ1v) is 9.54. The molecule has 0 saturated carbocycles. The fourth-order valence-electron chi connectivity index (χ4n) is 3.21. The summed E-state index contributed by atoms with van der Waals surface area (Å²) in [7, 11) is 0. The predicted octanol–water partition coefficient (Wildman–Crippen LogP) is 2.04. The van der Waals surface area contributed by atoms with Crippen LogP contribution in [-0.4, -0.2) is 47.4 Å². The second kappa shape index (κ2) is 9.18. The number of carbonyl (C=O) groups is 3.